The molecule has 0 radical (unpaired) electrons. The number of hydrogen-bond acceptors (Lipinski definition) is 7. The van der Waals surface area contributed by atoms with Gasteiger partial charge in [-0.1, -0.05) is 0 Å². The smallest absolute Gasteiger partial charge is 0.346 e. The minimum Gasteiger partial charge on any atom is -0.493 e. The number of H-pyrrole nitrogens is 1. The van der Waals surface area contributed by atoms with Gasteiger partial charge in [-0.15, -0.1) is 11.3 Å². The number of carboxylic acid groups (broad SMARTS) is 1. The fourth-order valence-corrected chi connectivity index (χ4v) is 4.86. The van der Waals surface area contributed by atoms with Gasteiger partial charge in [0.05, 0.1) is 35.9 Å². The van der Waals surface area contributed by atoms with Crippen LogP contribution in [0, 0.1) is 17.5 Å². The van der Waals surface area contributed by atoms with Crippen molar-refractivity contribution in [3.63, 3.8) is 0 Å². The molecule has 0 aliphatic carbocycles. The summed E-state index contributed by atoms with van der Waals surface area (Å²) in [5.41, 5.74) is -2.84. The number of carboxylic acids is 1. The van der Waals surface area contributed by atoms with Crippen LogP contribution in [0.4, 0.5) is 13.2 Å². The number of rotatable bonds is 5. The van der Waals surface area contributed by atoms with Crippen LogP contribution in [-0.4, -0.2) is 34.3 Å². The highest BCUT2D eigenvalue weighted by Crippen LogP contribution is 2.41. The van der Waals surface area contributed by atoms with Crippen LogP contribution in [0.25, 0.3) is 16.6 Å². The molecule has 0 unspecified atom stereocenters. The minimum atomic E-state index is -1.39. The predicted octanol–water partition coefficient (Wildman–Crippen LogP) is 3.77. The first-order valence-electron chi connectivity index (χ1n) is 10.4. The van der Waals surface area contributed by atoms with E-state index >= 15 is 4.39 Å². The van der Waals surface area contributed by atoms with Gasteiger partial charge in [-0.05, 0) is 12.1 Å². The molecule has 9 nitrogen and oxygen atoms in total. The Bertz CT molecular complexity index is 1660. The molecule has 13 heteroatoms. The van der Waals surface area contributed by atoms with Crippen molar-refractivity contribution in [2.24, 2.45) is 0 Å². The summed E-state index contributed by atoms with van der Waals surface area (Å²) >= 11 is 0.731. The van der Waals surface area contributed by atoms with E-state index in [-0.39, 0.29) is 51.6 Å². The molecule has 2 aromatic heterocycles. The molecule has 5 rings (SSSR count). The van der Waals surface area contributed by atoms with Crippen LogP contribution in [0.1, 0.15) is 27.8 Å². The summed E-state index contributed by atoms with van der Waals surface area (Å²) in [7, 11) is 1.22. The van der Waals surface area contributed by atoms with Crippen LogP contribution in [-0.2, 0) is 0 Å². The van der Waals surface area contributed by atoms with E-state index in [1.54, 1.807) is 0 Å². The third kappa shape index (κ3) is 3.68. The van der Waals surface area contributed by atoms with Crippen LogP contribution < -0.4 is 25.5 Å². The van der Waals surface area contributed by atoms with E-state index in [1.165, 1.54) is 18.6 Å². The maximum atomic E-state index is 15.1. The summed E-state index contributed by atoms with van der Waals surface area (Å²) in [6.07, 6.45) is -0.961. The monoisotopic (exact) mass is 520 g/mol. The Morgan fingerprint density at radius 3 is 2.69 bits per heavy atom. The third-order valence-corrected chi connectivity index (χ3v) is 6.61. The number of thiophene rings is 1. The second kappa shape index (κ2) is 8.75. The van der Waals surface area contributed by atoms with E-state index in [1.807, 2.05) is 0 Å². The average molecular weight is 520 g/mol. The predicted molar refractivity (Wildman–Crippen MR) is 121 cm³/mol. The Labute approximate surface area is 202 Å². The van der Waals surface area contributed by atoms with Gasteiger partial charge in [-0.2, -0.15) is 0 Å². The van der Waals surface area contributed by atoms with Crippen LogP contribution in [0.3, 0.4) is 0 Å². The Balaban J connectivity index is 1.67. The lowest BCUT2D eigenvalue weighted by Crippen LogP contribution is -2.34. The lowest BCUT2D eigenvalue weighted by atomic mass is 10.0. The van der Waals surface area contributed by atoms with Gasteiger partial charge in [0.1, 0.15) is 16.7 Å². The van der Waals surface area contributed by atoms with Crippen molar-refractivity contribution in [3.05, 3.63) is 78.4 Å². The van der Waals surface area contributed by atoms with Crippen LogP contribution in [0.2, 0.25) is 0 Å². The highest BCUT2D eigenvalue weighted by Gasteiger charge is 2.30. The fraction of sp³-hybridized carbons (Fsp3) is 0.174. The standard InChI is InChI=1S/C23H15F3N2O7S/c1-33-15-6-10(25)12(28-21(29)17-11(27-23(28)32)8-36-20(17)22(30)31)7-16(15)35-14-4-5-34-13-3-2-9(24)19(26)18(13)14/h2-3,6-8,14H,4-5H2,1H3,(H,27,32)(H,30,31)/t14-/m1/s1. The van der Waals surface area contributed by atoms with Crippen molar-refractivity contribution in [1.29, 1.82) is 0 Å². The highest BCUT2D eigenvalue weighted by atomic mass is 32.1. The van der Waals surface area contributed by atoms with Crippen LogP contribution in [0.15, 0.2) is 39.2 Å². The second-order valence-electron chi connectivity index (χ2n) is 7.70. The fourth-order valence-electron chi connectivity index (χ4n) is 4.03. The van der Waals surface area contributed by atoms with Gasteiger partial charge in [0.25, 0.3) is 5.56 Å². The number of aromatic carboxylic acids is 1. The Morgan fingerprint density at radius 1 is 1.19 bits per heavy atom. The summed E-state index contributed by atoms with van der Waals surface area (Å²) in [6, 6.07) is 4.02. The number of aromatic amines is 1. The quantitative estimate of drug-likeness (QED) is 0.411. The number of nitrogens with zero attached hydrogens (tertiary/aromatic N) is 1. The van der Waals surface area contributed by atoms with Crippen LogP contribution >= 0.6 is 11.3 Å². The SMILES string of the molecule is COc1cc(F)c(-n2c(=O)[nH]c3csc(C(=O)O)c3c2=O)cc1O[C@@H]1CCOc2ccc(F)c(F)c21. The molecule has 0 saturated carbocycles. The number of halogens is 3. The van der Waals surface area contributed by atoms with Crippen molar-refractivity contribution in [1.82, 2.24) is 9.55 Å². The first kappa shape index (κ1) is 23.5. The van der Waals surface area contributed by atoms with E-state index in [4.69, 9.17) is 14.2 Å². The van der Waals surface area contributed by atoms with Gasteiger partial charge < -0.3 is 24.3 Å². The molecular formula is C23H15F3N2O7S. The molecule has 2 aromatic carbocycles. The Hall–Kier alpha value is -4.26. The molecule has 1 aliphatic rings. The molecule has 2 N–H and O–H groups in total. The number of benzene rings is 2. The molecule has 0 amide bonds. The third-order valence-electron chi connectivity index (χ3n) is 5.64. The van der Waals surface area contributed by atoms with Crippen molar-refractivity contribution in [2.75, 3.05) is 13.7 Å². The van der Waals surface area contributed by atoms with E-state index < -0.39 is 46.5 Å². The molecule has 0 bridgehead atoms. The molecule has 1 aliphatic heterocycles. The number of nitrogens with one attached hydrogen (secondary N) is 1. The maximum absolute atomic E-state index is 15.1. The highest BCUT2D eigenvalue weighted by molar-refractivity contribution is 7.13. The molecule has 186 valence electrons. The van der Waals surface area contributed by atoms with Gasteiger partial charge in [-0.3, -0.25) is 4.79 Å². The number of ether oxygens (including phenoxy) is 3. The van der Waals surface area contributed by atoms with Crippen molar-refractivity contribution in [3.8, 4) is 22.9 Å². The summed E-state index contributed by atoms with van der Waals surface area (Å²) in [5, 5.41) is 10.4. The topological polar surface area (TPSA) is 120 Å². The van der Waals surface area contributed by atoms with Gasteiger partial charge in [-0.25, -0.2) is 27.3 Å². The van der Waals surface area contributed by atoms with Gasteiger partial charge in [0, 0.05) is 23.9 Å². The molecule has 3 heterocycles. The molecule has 4 aromatic rings. The normalized spacial score (nSPS) is 14.8. The lowest BCUT2D eigenvalue weighted by Gasteiger charge is -2.28. The largest absolute Gasteiger partial charge is 0.493 e. The van der Waals surface area contributed by atoms with Gasteiger partial charge in [0.2, 0.25) is 0 Å². The number of aromatic nitrogens is 2. The first-order valence-corrected chi connectivity index (χ1v) is 11.2. The lowest BCUT2D eigenvalue weighted by molar-refractivity contribution is 0.0704. The molecule has 36 heavy (non-hydrogen) atoms. The van der Waals surface area contributed by atoms with Gasteiger partial charge >= 0.3 is 11.7 Å². The minimum absolute atomic E-state index is 0.00893. The van der Waals surface area contributed by atoms with Crippen molar-refractivity contribution < 1.29 is 37.3 Å². The number of hydrogen-bond donors (Lipinski definition) is 2. The average Bonchev–Trinajstić information content (AvgIpc) is 3.27. The van der Waals surface area contributed by atoms with E-state index in [9.17, 15) is 28.3 Å². The number of methoxy groups -OCH3 is 1. The second-order valence-corrected chi connectivity index (χ2v) is 8.58. The number of carbonyl (C=O) groups is 1. The van der Waals surface area contributed by atoms with Gasteiger partial charge in [0.15, 0.2) is 29.0 Å². The van der Waals surface area contributed by atoms with E-state index in [0.29, 0.717) is 4.57 Å². The molecule has 1 atom stereocenters. The summed E-state index contributed by atoms with van der Waals surface area (Å²) in [4.78, 5) is 39.4. The summed E-state index contributed by atoms with van der Waals surface area (Å²) < 4.78 is 60.4. The molecule has 0 fully saturated rings. The summed E-state index contributed by atoms with van der Waals surface area (Å²) in [5.74, 6) is -4.98. The zero-order valence-corrected chi connectivity index (χ0v) is 19.1. The van der Waals surface area contributed by atoms with E-state index in [0.717, 1.165) is 29.5 Å². The number of fused-ring (bicyclic) bond motifs is 2. The first-order chi connectivity index (χ1) is 17.2. The molecule has 0 spiro atoms. The summed E-state index contributed by atoms with van der Waals surface area (Å²) in [6.45, 7) is 0.116. The van der Waals surface area contributed by atoms with E-state index in [2.05, 4.69) is 4.98 Å². The zero-order chi connectivity index (χ0) is 25.7. The Morgan fingerprint density at radius 2 is 1.97 bits per heavy atom. The maximum Gasteiger partial charge on any atom is 0.346 e. The Kier molecular flexibility index (Phi) is 5.71. The van der Waals surface area contributed by atoms with Crippen LogP contribution in [0.5, 0.6) is 17.2 Å². The molecular weight excluding hydrogens is 505 g/mol. The zero-order valence-electron chi connectivity index (χ0n) is 18.3. The van der Waals surface area contributed by atoms with Crippen molar-refractivity contribution in [2.45, 2.75) is 12.5 Å². The van der Waals surface area contributed by atoms with Crippen molar-refractivity contribution >= 4 is 28.2 Å². The molecule has 0 saturated heterocycles.